The summed E-state index contributed by atoms with van der Waals surface area (Å²) in [4.78, 5) is 15.6. The van der Waals surface area contributed by atoms with Crippen LogP contribution in [-0.4, -0.2) is 16.1 Å². The van der Waals surface area contributed by atoms with Gasteiger partial charge in [-0.1, -0.05) is 31.0 Å². The molecule has 0 spiro atoms. The highest BCUT2D eigenvalue weighted by molar-refractivity contribution is 6.29. The van der Waals surface area contributed by atoms with Crippen molar-refractivity contribution in [1.29, 1.82) is 0 Å². The first kappa shape index (κ1) is 13.3. The molecule has 4 heteroatoms. The molecule has 18 heavy (non-hydrogen) atoms. The minimum absolute atomic E-state index is 0.303. The van der Waals surface area contributed by atoms with E-state index in [0.717, 1.165) is 37.7 Å². The Morgan fingerprint density at radius 2 is 2.39 bits per heavy atom. The molecule has 1 heterocycles. The number of aromatic nitrogens is 1. The number of halogens is 1. The number of carbonyl (C=O) groups is 1. The van der Waals surface area contributed by atoms with Gasteiger partial charge >= 0.3 is 5.97 Å². The Labute approximate surface area is 112 Å². The van der Waals surface area contributed by atoms with Gasteiger partial charge in [-0.3, -0.25) is 4.79 Å². The van der Waals surface area contributed by atoms with Gasteiger partial charge < -0.3 is 5.11 Å². The molecule has 2 rings (SSSR count). The van der Waals surface area contributed by atoms with Crippen molar-refractivity contribution in [2.75, 3.05) is 0 Å². The fourth-order valence-corrected chi connectivity index (χ4v) is 3.16. The number of pyridine rings is 1. The van der Waals surface area contributed by atoms with Crippen LogP contribution in [0.1, 0.15) is 50.5 Å². The number of hydrogen-bond acceptors (Lipinski definition) is 2. The van der Waals surface area contributed by atoms with Gasteiger partial charge in [0.1, 0.15) is 5.15 Å². The second-order valence-electron chi connectivity index (χ2n) is 5.19. The van der Waals surface area contributed by atoms with Crippen molar-refractivity contribution in [2.24, 2.45) is 5.41 Å². The molecule has 1 fully saturated rings. The predicted molar refractivity (Wildman–Crippen MR) is 70.8 cm³/mol. The van der Waals surface area contributed by atoms with E-state index in [4.69, 9.17) is 11.6 Å². The summed E-state index contributed by atoms with van der Waals surface area (Å²) in [5.41, 5.74) is 0.581. The van der Waals surface area contributed by atoms with Crippen molar-refractivity contribution in [3.8, 4) is 0 Å². The molecule has 2 atom stereocenters. The molecule has 1 saturated carbocycles. The Bertz CT molecular complexity index is 432. The third-order valence-electron chi connectivity index (χ3n) is 4.01. The lowest BCUT2D eigenvalue weighted by Crippen LogP contribution is -2.27. The second kappa shape index (κ2) is 5.27. The van der Waals surface area contributed by atoms with E-state index in [1.807, 2.05) is 13.0 Å². The molecule has 3 nitrogen and oxygen atoms in total. The van der Waals surface area contributed by atoms with E-state index in [0.29, 0.717) is 11.1 Å². The first-order valence-corrected chi connectivity index (χ1v) is 6.80. The predicted octanol–water partition coefficient (Wildman–Crippen LogP) is 3.87. The van der Waals surface area contributed by atoms with E-state index in [1.165, 1.54) is 0 Å². The first-order chi connectivity index (χ1) is 8.57. The number of hydrogen-bond donors (Lipinski definition) is 1. The molecule has 1 N–H and O–H groups in total. The maximum Gasteiger partial charge on any atom is 0.309 e. The molecule has 0 aliphatic heterocycles. The van der Waals surface area contributed by atoms with Crippen LogP contribution >= 0.6 is 11.6 Å². The number of aliphatic carboxylic acids is 1. The van der Waals surface area contributed by atoms with Gasteiger partial charge in [-0.05, 0) is 43.2 Å². The van der Waals surface area contributed by atoms with Crippen molar-refractivity contribution >= 4 is 17.6 Å². The molecule has 1 aromatic rings. The first-order valence-electron chi connectivity index (χ1n) is 6.42. The average Bonchev–Trinajstić information content (AvgIpc) is 2.76. The Kier molecular flexibility index (Phi) is 3.91. The minimum Gasteiger partial charge on any atom is -0.481 e. The molecule has 0 radical (unpaired) electrons. The van der Waals surface area contributed by atoms with Gasteiger partial charge in [-0.2, -0.15) is 0 Å². The van der Waals surface area contributed by atoms with Crippen LogP contribution in [0.15, 0.2) is 18.3 Å². The topological polar surface area (TPSA) is 50.2 Å². The van der Waals surface area contributed by atoms with Crippen molar-refractivity contribution in [3.63, 3.8) is 0 Å². The van der Waals surface area contributed by atoms with E-state index in [2.05, 4.69) is 4.98 Å². The maximum absolute atomic E-state index is 11.5. The molecule has 0 saturated heterocycles. The van der Waals surface area contributed by atoms with Gasteiger partial charge in [0.05, 0.1) is 5.41 Å². The highest BCUT2D eigenvalue weighted by Crippen LogP contribution is 2.49. The lowest BCUT2D eigenvalue weighted by atomic mass is 9.80. The van der Waals surface area contributed by atoms with E-state index < -0.39 is 11.4 Å². The summed E-state index contributed by atoms with van der Waals surface area (Å²) in [5.74, 6) is -0.341. The van der Waals surface area contributed by atoms with Crippen molar-refractivity contribution < 1.29 is 9.90 Å². The summed E-state index contributed by atoms with van der Waals surface area (Å²) < 4.78 is 0. The summed E-state index contributed by atoms with van der Waals surface area (Å²) in [5, 5.41) is 9.95. The van der Waals surface area contributed by atoms with Crippen LogP contribution < -0.4 is 0 Å². The third-order valence-corrected chi connectivity index (χ3v) is 4.24. The smallest absolute Gasteiger partial charge is 0.309 e. The second-order valence-corrected chi connectivity index (χ2v) is 5.58. The SMILES string of the molecule is CCCC1(C(=O)O)CCC(c2ccc(Cl)nc2)C1. The Hall–Kier alpha value is -1.09. The number of carboxylic acids is 1. The lowest BCUT2D eigenvalue weighted by molar-refractivity contribution is -0.149. The van der Waals surface area contributed by atoms with Gasteiger partial charge in [-0.25, -0.2) is 4.98 Å². The average molecular weight is 268 g/mol. The van der Waals surface area contributed by atoms with Crippen LogP contribution in [0.5, 0.6) is 0 Å². The summed E-state index contributed by atoms with van der Waals surface area (Å²) >= 11 is 5.77. The zero-order chi connectivity index (χ0) is 13.2. The summed E-state index contributed by atoms with van der Waals surface area (Å²) in [6.45, 7) is 2.04. The largest absolute Gasteiger partial charge is 0.481 e. The van der Waals surface area contributed by atoms with Gasteiger partial charge in [0.2, 0.25) is 0 Å². The fourth-order valence-electron chi connectivity index (χ4n) is 3.05. The Balaban J connectivity index is 2.15. The van der Waals surface area contributed by atoms with Crippen molar-refractivity contribution in [2.45, 2.75) is 44.9 Å². The lowest BCUT2D eigenvalue weighted by Gasteiger charge is -2.23. The normalized spacial score (nSPS) is 27.3. The summed E-state index contributed by atoms with van der Waals surface area (Å²) in [6.07, 6.45) is 5.87. The van der Waals surface area contributed by atoms with Crippen LogP contribution in [0.4, 0.5) is 0 Å². The number of rotatable bonds is 4. The van der Waals surface area contributed by atoms with Crippen molar-refractivity contribution in [3.05, 3.63) is 29.0 Å². The minimum atomic E-state index is -0.645. The molecular weight excluding hydrogens is 250 g/mol. The standard InChI is InChI=1S/C14H18ClNO2/c1-2-6-14(13(17)18)7-5-10(8-14)11-3-4-12(15)16-9-11/h3-4,9-10H,2,5-8H2,1H3,(H,17,18). The maximum atomic E-state index is 11.5. The number of carboxylic acid groups (broad SMARTS) is 1. The van der Waals surface area contributed by atoms with Crippen LogP contribution in [-0.2, 0) is 4.79 Å². The van der Waals surface area contributed by atoms with Gasteiger partial charge in [0.25, 0.3) is 0 Å². The van der Waals surface area contributed by atoms with Crippen LogP contribution in [0.2, 0.25) is 5.15 Å². The molecule has 0 bridgehead atoms. The molecule has 1 aliphatic carbocycles. The van der Waals surface area contributed by atoms with E-state index in [1.54, 1.807) is 12.3 Å². The highest BCUT2D eigenvalue weighted by Gasteiger charge is 2.44. The molecule has 98 valence electrons. The molecular formula is C14H18ClNO2. The van der Waals surface area contributed by atoms with Crippen LogP contribution in [0, 0.1) is 5.41 Å². The monoisotopic (exact) mass is 267 g/mol. The molecule has 0 aromatic carbocycles. The summed E-state index contributed by atoms with van der Waals surface area (Å²) in [6, 6.07) is 3.74. The molecule has 1 aliphatic rings. The number of nitrogens with zero attached hydrogens (tertiary/aromatic N) is 1. The highest BCUT2D eigenvalue weighted by atomic mass is 35.5. The Morgan fingerprint density at radius 1 is 1.61 bits per heavy atom. The molecule has 1 aromatic heterocycles. The van der Waals surface area contributed by atoms with E-state index in [9.17, 15) is 9.90 Å². The zero-order valence-electron chi connectivity index (χ0n) is 10.5. The van der Waals surface area contributed by atoms with Crippen LogP contribution in [0.3, 0.4) is 0 Å². The van der Waals surface area contributed by atoms with Gasteiger partial charge in [0, 0.05) is 6.20 Å². The van der Waals surface area contributed by atoms with Gasteiger partial charge in [-0.15, -0.1) is 0 Å². The van der Waals surface area contributed by atoms with E-state index >= 15 is 0 Å². The zero-order valence-corrected chi connectivity index (χ0v) is 11.3. The third kappa shape index (κ3) is 2.51. The van der Waals surface area contributed by atoms with E-state index in [-0.39, 0.29) is 0 Å². The Morgan fingerprint density at radius 3 is 2.94 bits per heavy atom. The van der Waals surface area contributed by atoms with Crippen molar-refractivity contribution in [1.82, 2.24) is 4.98 Å². The van der Waals surface area contributed by atoms with Crippen LogP contribution in [0.25, 0.3) is 0 Å². The van der Waals surface area contributed by atoms with Gasteiger partial charge in [0.15, 0.2) is 0 Å². The molecule has 0 amide bonds. The molecule has 2 unspecified atom stereocenters. The quantitative estimate of drug-likeness (QED) is 0.843. The summed E-state index contributed by atoms with van der Waals surface area (Å²) in [7, 11) is 0. The fraction of sp³-hybridized carbons (Fsp3) is 0.571.